The average Bonchev–Trinajstić information content (AvgIpc) is 3.21. The molecule has 0 spiro atoms. The Labute approximate surface area is 242 Å². The van der Waals surface area contributed by atoms with Crippen LogP contribution in [-0.2, 0) is 30.5 Å². The van der Waals surface area contributed by atoms with Crippen molar-refractivity contribution in [1.29, 1.82) is 0 Å². The summed E-state index contributed by atoms with van der Waals surface area (Å²) >= 11 is 0. The summed E-state index contributed by atoms with van der Waals surface area (Å²) in [6.07, 6.45) is -3.52. The van der Waals surface area contributed by atoms with E-state index in [2.05, 4.69) is 10.6 Å². The largest absolute Gasteiger partial charge is 0.604 e. The van der Waals surface area contributed by atoms with Crippen LogP contribution < -0.4 is 26.0 Å². The predicted octanol–water partition coefficient (Wildman–Crippen LogP) is 1.05. The molecule has 3 aliphatic heterocycles. The van der Waals surface area contributed by atoms with Crippen molar-refractivity contribution in [3.63, 3.8) is 0 Å². The number of hydroxylamine groups is 2. The minimum atomic E-state index is -1.39. The molecule has 224 valence electrons. The monoisotopic (exact) mass is 582 g/mol. The second kappa shape index (κ2) is 12.3. The van der Waals surface area contributed by atoms with E-state index < -0.39 is 53.2 Å². The van der Waals surface area contributed by atoms with E-state index in [1.165, 1.54) is 7.11 Å². The van der Waals surface area contributed by atoms with E-state index >= 15 is 0 Å². The lowest BCUT2D eigenvalue weighted by Crippen LogP contribution is -2.76. The van der Waals surface area contributed by atoms with Gasteiger partial charge in [-0.2, -0.15) is 5.01 Å². The number of carbonyl (C=O) groups is 4. The minimum Gasteiger partial charge on any atom is -0.604 e. The average molecular weight is 583 g/mol. The molecule has 14 nitrogen and oxygen atoms in total. The quantitative estimate of drug-likeness (QED) is 0.233. The molecule has 4 N–H and O–H groups in total. The number of hydrogen-bond acceptors (Lipinski definition) is 9. The molecule has 3 aliphatic rings. The highest BCUT2D eigenvalue weighted by atomic mass is 16.7. The van der Waals surface area contributed by atoms with Gasteiger partial charge in [-0.15, -0.1) is 0 Å². The van der Waals surface area contributed by atoms with Crippen molar-refractivity contribution in [1.82, 2.24) is 15.6 Å². The molecule has 2 aromatic carbocycles. The smallest absolute Gasteiger partial charge is 0.324 e. The van der Waals surface area contributed by atoms with E-state index in [1.807, 2.05) is 30.3 Å². The fraction of sp³-hybridized carbons (Fsp3) is 0.429. The number of esters is 1. The van der Waals surface area contributed by atoms with Crippen LogP contribution in [-0.4, -0.2) is 78.4 Å². The summed E-state index contributed by atoms with van der Waals surface area (Å²) in [5.41, 5.74) is 6.93. The highest BCUT2D eigenvalue weighted by Crippen LogP contribution is 2.38. The van der Waals surface area contributed by atoms with E-state index in [-0.39, 0.29) is 44.6 Å². The Bertz CT molecular complexity index is 1330. The van der Waals surface area contributed by atoms with Crippen molar-refractivity contribution in [2.75, 3.05) is 25.1 Å². The summed E-state index contributed by atoms with van der Waals surface area (Å²) in [6.45, 7) is 0.293. The Morgan fingerprint density at radius 1 is 1.19 bits per heavy atom. The molecule has 5 rings (SSSR count). The number of quaternary nitrogens is 1. The molecule has 42 heavy (non-hydrogen) atoms. The van der Waals surface area contributed by atoms with Crippen molar-refractivity contribution in [2.45, 2.75) is 57.0 Å². The predicted molar refractivity (Wildman–Crippen MR) is 147 cm³/mol. The van der Waals surface area contributed by atoms with Crippen LogP contribution in [0.5, 0.6) is 5.75 Å². The maximum atomic E-state index is 14.7. The van der Waals surface area contributed by atoms with Gasteiger partial charge in [0.15, 0.2) is 6.17 Å². The van der Waals surface area contributed by atoms with Gasteiger partial charge in [0.1, 0.15) is 18.3 Å². The molecule has 0 aromatic heterocycles. The van der Waals surface area contributed by atoms with Crippen LogP contribution in [0.15, 0.2) is 54.6 Å². The van der Waals surface area contributed by atoms with Crippen LogP contribution >= 0.6 is 0 Å². The number of urea groups is 1. The molecule has 0 aliphatic carbocycles. The molecule has 0 radical (unpaired) electrons. The molecule has 0 saturated carbocycles. The van der Waals surface area contributed by atoms with Crippen LogP contribution in [0.3, 0.4) is 0 Å². The van der Waals surface area contributed by atoms with E-state index in [1.54, 1.807) is 24.3 Å². The number of para-hydroxylation sites is 2. The SMILES string of the molecule is COc1ccccc1N(C(N)=O)C1CCC(=O)N2C(C(=O)NC3CC(=O)OC3OCc3ccccc3)NCCC[N+]12[O-]. The number of hydrogen-bond donors (Lipinski definition) is 3. The number of cyclic esters (lactones) is 1. The van der Waals surface area contributed by atoms with Gasteiger partial charge in [0.2, 0.25) is 12.5 Å². The molecular weight excluding hydrogens is 548 g/mol. The molecular formula is C28H34N6O8. The normalized spacial score (nSPS) is 27.4. The number of nitrogens with zero attached hydrogens (tertiary/aromatic N) is 3. The zero-order valence-corrected chi connectivity index (χ0v) is 23.1. The molecule has 14 heteroatoms. The van der Waals surface area contributed by atoms with Gasteiger partial charge >= 0.3 is 12.0 Å². The highest BCUT2D eigenvalue weighted by molar-refractivity contribution is 5.93. The zero-order chi connectivity index (χ0) is 29.9. The number of fused-ring (bicyclic) bond motifs is 1. The number of benzene rings is 2. The van der Waals surface area contributed by atoms with Crippen molar-refractivity contribution in [2.24, 2.45) is 5.73 Å². The summed E-state index contributed by atoms with van der Waals surface area (Å²) in [5.74, 6) is -1.50. The summed E-state index contributed by atoms with van der Waals surface area (Å²) in [4.78, 5) is 53.1. The van der Waals surface area contributed by atoms with Gasteiger partial charge in [-0.25, -0.2) is 14.4 Å². The van der Waals surface area contributed by atoms with Crippen molar-refractivity contribution < 1.29 is 38.1 Å². The van der Waals surface area contributed by atoms with E-state index in [9.17, 15) is 24.4 Å². The number of ether oxygens (including phenoxy) is 3. The standard InChI is InChI=1S/C28H34N6O8/c1-40-21-11-6-5-10-20(21)32(28(29)38)22-12-13-23(35)33-25(30-14-7-15-34(22,33)39)26(37)31-19-16-24(36)42-27(19)41-17-18-8-3-2-4-9-18/h2-6,8-11,19,22,25,27,30H,7,12-17H2,1H3,(H2,29,38)(H,31,37). The third-order valence-corrected chi connectivity index (χ3v) is 7.62. The first-order valence-corrected chi connectivity index (χ1v) is 13.7. The Balaban J connectivity index is 1.39. The van der Waals surface area contributed by atoms with Crippen LogP contribution in [0, 0.1) is 5.21 Å². The fourth-order valence-electron chi connectivity index (χ4n) is 5.72. The summed E-state index contributed by atoms with van der Waals surface area (Å²) < 4.78 is 15.2. The fourth-order valence-corrected chi connectivity index (χ4v) is 5.72. The zero-order valence-electron chi connectivity index (χ0n) is 23.1. The Morgan fingerprint density at radius 2 is 1.93 bits per heavy atom. The van der Waals surface area contributed by atoms with Gasteiger partial charge in [-0.05, 0) is 17.7 Å². The van der Waals surface area contributed by atoms with E-state index in [0.29, 0.717) is 12.2 Å². The van der Waals surface area contributed by atoms with E-state index in [0.717, 1.165) is 15.5 Å². The topological polar surface area (TPSA) is 176 Å². The Kier molecular flexibility index (Phi) is 8.59. The molecule has 3 fully saturated rings. The number of primary amides is 1. The molecule has 5 atom stereocenters. The first-order chi connectivity index (χ1) is 20.2. The highest BCUT2D eigenvalue weighted by Gasteiger charge is 2.54. The van der Waals surface area contributed by atoms with Crippen LogP contribution in [0.25, 0.3) is 0 Å². The second-order valence-corrected chi connectivity index (χ2v) is 10.3. The first-order valence-electron chi connectivity index (χ1n) is 13.7. The van der Waals surface area contributed by atoms with Gasteiger partial charge < -0.3 is 30.5 Å². The number of methoxy groups -OCH3 is 1. The Morgan fingerprint density at radius 3 is 2.67 bits per heavy atom. The number of nitrogens with one attached hydrogen (secondary N) is 2. The molecule has 4 amide bonds. The molecule has 5 unspecified atom stereocenters. The van der Waals surface area contributed by atoms with Crippen molar-refractivity contribution in [3.05, 3.63) is 65.4 Å². The summed E-state index contributed by atoms with van der Waals surface area (Å²) in [6, 6.07) is 14.1. The van der Waals surface area contributed by atoms with Crippen molar-refractivity contribution in [3.8, 4) is 5.75 Å². The first kappa shape index (κ1) is 29.3. The van der Waals surface area contributed by atoms with E-state index in [4.69, 9.17) is 19.9 Å². The second-order valence-electron chi connectivity index (χ2n) is 10.3. The molecule has 0 bridgehead atoms. The number of nitrogens with two attached hydrogens (primary N) is 1. The van der Waals surface area contributed by atoms with Gasteiger partial charge in [0.25, 0.3) is 11.8 Å². The Hall–Kier alpha value is -4.24. The van der Waals surface area contributed by atoms with Gasteiger partial charge in [0.05, 0.1) is 25.8 Å². The van der Waals surface area contributed by atoms with Crippen molar-refractivity contribution >= 4 is 29.5 Å². The van der Waals surface area contributed by atoms with Gasteiger partial charge in [0, 0.05) is 25.8 Å². The summed E-state index contributed by atoms with van der Waals surface area (Å²) in [5, 5.41) is 21.4. The van der Waals surface area contributed by atoms with Gasteiger partial charge in [-0.1, -0.05) is 42.5 Å². The third kappa shape index (κ3) is 5.74. The lowest BCUT2D eigenvalue weighted by Gasteiger charge is -2.58. The molecule has 2 aromatic rings. The number of amides is 4. The van der Waals surface area contributed by atoms with Crippen LogP contribution in [0.4, 0.5) is 10.5 Å². The minimum absolute atomic E-state index is 0.0223. The number of carbonyl (C=O) groups excluding carboxylic acids is 4. The third-order valence-electron chi connectivity index (χ3n) is 7.62. The van der Waals surface area contributed by atoms with Gasteiger partial charge in [-0.3, -0.25) is 19.7 Å². The lowest BCUT2D eigenvalue weighted by molar-refractivity contribution is -1.01. The maximum Gasteiger partial charge on any atom is 0.324 e. The lowest BCUT2D eigenvalue weighted by atomic mass is 10.1. The maximum absolute atomic E-state index is 14.7. The molecule has 3 heterocycles. The number of rotatable bonds is 8. The molecule has 3 saturated heterocycles. The summed E-state index contributed by atoms with van der Waals surface area (Å²) in [7, 11) is 1.43. The van der Waals surface area contributed by atoms with Crippen LogP contribution in [0.2, 0.25) is 0 Å². The number of anilines is 1. The van der Waals surface area contributed by atoms with Crippen LogP contribution in [0.1, 0.15) is 31.2 Å².